The monoisotopic (exact) mass is 402 g/mol. The van der Waals surface area contributed by atoms with Gasteiger partial charge in [-0.25, -0.2) is 9.71 Å². The molecular weight excluding hydrogens is 384 g/mol. The normalized spacial score (nSPS) is 16.6. The highest BCUT2D eigenvalue weighted by Gasteiger charge is 2.24. The number of nitrogens with zero attached hydrogens (tertiary/aromatic N) is 3. The van der Waals surface area contributed by atoms with E-state index in [4.69, 9.17) is 4.74 Å². The van der Waals surface area contributed by atoms with Crippen LogP contribution < -0.4 is 9.46 Å². The van der Waals surface area contributed by atoms with E-state index in [1.54, 1.807) is 41.8 Å². The molecule has 0 spiro atoms. The van der Waals surface area contributed by atoms with Gasteiger partial charge in [0.2, 0.25) is 0 Å². The first-order valence-corrected chi connectivity index (χ1v) is 10.8. The molecule has 0 bridgehead atoms. The molecule has 2 aromatic heterocycles. The Morgan fingerprint density at radius 1 is 1.37 bits per heavy atom. The number of fused-ring (bicyclic) bond motifs is 1. The van der Waals surface area contributed by atoms with Crippen molar-refractivity contribution in [2.75, 3.05) is 17.9 Å². The van der Waals surface area contributed by atoms with E-state index in [9.17, 15) is 8.76 Å². The lowest BCUT2D eigenvalue weighted by Crippen LogP contribution is -2.25. The maximum absolute atomic E-state index is 12.6. The molecule has 0 fully saturated rings. The van der Waals surface area contributed by atoms with Crippen LogP contribution in [0.3, 0.4) is 0 Å². The largest absolute Gasteiger partial charge is 0.588 e. The van der Waals surface area contributed by atoms with E-state index in [-0.39, 0.29) is 4.90 Å². The van der Waals surface area contributed by atoms with Crippen LogP contribution in [0.5, 0.6) is 5.75 Å². The summed E-state index contributed by atoms with van der Waals surface area (Å²) in [6, 6.07) is 8.33. The van der Waals surface area contributed by atoms with E-state index in [0.29, 0.717) is 24.6 Å². The van der Waals surface area contributed by atoms with Crippen LogP contribution in [0.15, 0.2) is 58.5 Å². The molecule has 1 aromatic carbocycles. The van der Waals surface area contributed by atoms with Gasteiger partial charge in [-0.2, -0.15) is 0 Å². The number of pyridine rings is 1. The van der Waals surface area contributed by atoms with Crippen molar-refractivity contribution in [3.63, 3.8) is 0 Å². The molecule has 0 amide bonds. The maximum atomic E-state index is 12.6. The van der Waals surface area contributed by atoms with Gasteiger partial charge in [0, 0.05) is 42.8 Å². The predicted octanol–water partition coefficient (Wildman–Crippen LogP) is 2.95. The van der Waals surface area contributed by atoms with Gasteiger partial charge in [-0.3, -0.25) is 9.88 Å². The molecule has 0 aliphatic carbocycles. The summed E-state index contributed by atoms with van der Waals surface area (Å²) in [6.07, 6.45) is 3.05. The number of aromatic nitrogens is 2. The first-order chi connectivity index (χ1) is 13.1. The van der Waals surface area contributed by atoms with Gasteiger partial charge in [0.1, 0.15) is 12.4 Å². The third-order valence-corrected chi connectivity index (χ3v) is 6.21. The minimum Gasteiger partial charge on any atom is -0.588 e. The number of anilines is 1. The second kappa shape index (κ2) is 7.73. The minimum absolute atomic E-state index is 0.165. The number of hydrogen-bond donors (Lipinski definition) is 1. The fraction of sp³-hybridized carbons (Fsp3) is 0.222. The van der Waals surface area contributed by atoms with Crippen molar-refractivity contribution in [2.24, 2.45) is 0 Å². The second-order valence-electron chi connectivity index (χ2n) is 6.16. The Bertz CT molecular complexity index is 951. The molecule has 27 heavy (non-hydrogen) atoms. The molecule has 1 aliphatic rings. The summed E-state index contributed by atoms with van der Waals surface area (Å²) >= 11 is 1.58. The number of hydrogen-bond acceptors (Lipinski definition) is 7. The number of benzene rings is 1. The smallest absolute Gasteiger partial charge is 0.184 e. The average molecular weight is 403 g/mol. The van der Waals surface area contributed by atoms with Crippen molar-refractivity contribution < 1.29 is 13.5 Å². The molecule has 1 unspecified atom stereocenters. The number of sulfonamides is 1. The van der Waals surface area contributed by atoms with E-state index >= 15 is 0 Å². The molecule has 0 saturated carbocycles. The van der Waals surface area contributed by atoms with E-state index < -0.39 is 10.4 Å². The summed E-state index contributed by atoms with van der Waals surface area (Å²) in [5.41, 5.74) is 4.23. The lowest BCUT2D eigenvalue weighted by atomic mass is 10.2. The topological polar surface area (TPSA) is 90.4 Å². The zero-order valence-corrected chi connectivity index (χ0v) is 16.0. The van der Waals surface area contributed by atoms with Crippen molar-refractivity contribution in [2.45, 2.75) is 18.0 Å². The molecule has 3 heterocycles. The standard InChI is InChI=1S/C18H18N4O3S2/c23-27(24,21-15-2-1-5-19-9-15)17-4-3-14-10-22(6-7-25-18(14)8-17)11-16-12-26-13-20-16/h1-5,8-9,12-13H,6-7,10-11H2,(H-,21,23,24). The summed E-state index contributed by atoms with van der Waals surface area (Å²) in [5, 5.41) is 2.03. The van der Waals surface area contributed by atoms with Crippen LogP contribution in [0.25, 0.3) is 0 Å². The van der Waals surface area contributed by atoms with E-state index in [1.165, 1.54) is 6.20 Å². The SMILES string of the molecule is O=[S+]([O-])(Nc1cccnc1)c1ccc2c(c1)OCCN(Cc1cscn1)C2. The van der Waals surface area contributed by atoms with Crippen LogP contribution in [0.2, 0.25) is 0 Å². The van der Waals surface area contributed by atoms with Crippen LogP contribution >= 0.6 is 11.3 Å². The zero-order valence-electron chi connectivity index (χ0n) is 14.4. The van der Waals surface area contributed by atoms with E-state index in [0.717, 1.165) is 24.3 Å². The number of thiazole rings is 1. The van der Waals surface area contributed by atoms with Crippen molar-refractivity contribution in [1.82, 2.24) is 14.9 Å². The lowest BCUT2D eigenvalue weighted by Gasteiger charge is -2.18. The van der Waals surface area contributed by atoms with Crippen LogP contribution in [0, 0.1) is 0 Å². The van der Waals surface area contributed by atoms with Crippen molar-refractivity contribution >= 4 is 27.4 Å². The van der Waals surface area contributed by atoms with Gasteiger partial charge in [0.15, 0.2) is 15.3 Å². The first-order valence-electron chi connectivity index (χ1n) is 8.38. The fourth-order valence-electron chi connectivity index (χ4n) is 2.89. The van der Waals surface area contributed by atoms with Crippen LogP contribution in [0.1, 0.15) is 11.3 Å². The van der Waals surface area contributed by atoms with E-state index in [1.807, 2.05) is 17.0 Å². The third-order valence-electron chi connectivity index (χ3n) is 4.19. The Hall–Kier alpha value is -2.33. The first kappa shape index (κ1) is 18.1. The molecule has 140 valence electrons. The summed E-state index contributed by atoms with van der Waals surface area (Å²) in [5.74, 6) is 0.602. The average Bonchev–Trinajstić information content (AvgIpc) is 3.07. The quantitative estimate of drug-likeness (QED) is 0.660. The number of ether oxygens (including phenoxy) is 1. The Kier molecular flexibility index (Phi) is 5.17. The number of rotatable bonds is 5. The van der Waals surface area contributed by atoms with Gasteiger partial charge in [0.25, 0.3) is 0 Å². The van der Waals surface area contributed by atoms with Gasteiger partial charge in [-0.1, -0.05) is 4.21 Å². The van der Waals surface area contributed by atoms with E-state index in [2.05, 4.69) is 19.6 Å². The van der Waals surface area contributed by atoms with Crippen LogP contribution in [-0.4, -0.2) is 32.6 Å². The molecule has 0 radical (unpaired) electrons. The highest BCUT2D eigenvalue weighted by molar-refractivity contribution is 7.98. The Morgan fingerprint density at radius 2 is 2.30 bits per heavy atom. The lowest BCUT2D eigenvalue weighted by molar-refractivity contribution is 0.218. The fourth-order valence-corrected chi connectivity index (χ4v) is 4.50. The molecule has 3 aromatic rings. The highest BCUT2D eigenvalue weighted by atomic mass is 32.3. The highest BCUT2D eigenvalue weighted by Crippen LogP contribution is 2.29. The second-order valence-corrected chi connectivity index (χ2v) is 8.56. The van der Waals surface area contributed by atoms with Gasteiger partial charge in [-0.05, 0) is 24.3 Å². The molecule has 7 nitrogen and oxygen atoms in total. The van der Waals surface area contributed by atoms with Crippen molar-refractivity contribution in [3.8, 4) is 5.75 Å². The van der Waals surface area contributed by atoms with Gasteiger partial charge in [-0.15, -0.1) is 11.3 Å². The third kappa shape index (κ3) is 4.33. The Morgan fingerprint density at radius 3 is 3.07 bits per heavy atom. The molecule has 1 N–H and O–H groups in total. The summed E-state index contributed by atoms with van der Waals surface area (Å²) in [6.45, 7) is 2.68. The van der Waals surface area contributed by atoms with Crippen LogP contribution in [0.4, 0.5) is 5.69 Å². The molecule has 9 heteroatoms. The summed E-state index contributed by atoms with van der Waals surface area (Å²) < 4.78 is 33.6. The van der Waals surface area contributed by atoms with Gasteiger partial charge in [0.05, 0.1) is 23.1 Å². The van der Waals surface area contributed by atoms with Gasteiger partial charge >= 0.3 is 0 Å². The maximum Gasteiger partial charge on any atom is 0.184 e. The Balaban J connectivity index is 1.53. The van der Waals surface area contributed by atoms with Crippen molar-refractivity contribution in [1.29, 1.82) is 0 Å². The predicted molar refractivity (Wildman–Crippen MR) is 103 cm³/mol. The summed E-state index contributed by atoms with van der Waals surface area (Å²) in [4.78, 5) is 10.7. The zero-order chi connectivity index (χ0) is 18.7. The molecular formula is C18H18N4O3S2. The van der Waals surface area contributed by atoms with Crippen molar-refractivity contribution in [3.05, 3.63) is 64.9 Å². The van der Waals surface area contributed by atoms with Crippen LogP contribution in [-0.2, 0) is 27.7 Å². The molecule has 0 saturated heterocycles. The van der Waals surface area contributed by atoms with Gasteiger partial charge < -0.3 is 9.29 Å². The molecule has 4 rings (SSSR count). The molecule has 1 aliphatic heterocycles. The number of nitrogens with one attached hydrogen (secondary N) is 1. The minimum atomic E-state index is -3.71. The molecule has 1 atom stereocenters. The summed E-state index contributed by atoms with van der Waals surface area (Å²) in [7, 11) is -3.71. The Labute approximate surface area is 162 Å².